The predicted molar refractivity (Wildman–Crippen MR) is 185 cm³/mol. The topological polar surface area (TPSA) is 0 Å². The summed E-state index contributed by atoms with van der Waals surface area (Å²) < 4.78 is 0. The van der Waals surface area contributed by atoms with E-state index in [1.807, 2.05) is 0 Å². The lowest BCUT2D eigenvalue weighted by atomic mass is 9.81. The molecule has 0 bridgehead atoms. The zero-order chi connectivity index (χ0) is 28.7. The highest BCUT2D eigenvalue weighted by Crippen LogP contribution is 2.53. The van der Waals surface area contributed by atoms with Gasteiger partial charge >= 0.3 is 0 Å². The molecule has 43 heavy (non-hydrogen) atoms. The molecule has 0 aliphatic heterocycles. The minimum Gasteiger partial charge on any atom is -0.0622 e. The van der Waals surface area contributed by atoms with Crippen LogP contribution in [0.4, 0.5) is 0 Å². The zero-order valence-corrected chi connectivity index (χ0v) is 24.4. The van der Waals surface area contributed by atoms with Crippen molar-refractivity contribution in [2.75, 3.05) is 0 Å². The van der Waals surface area contributed by atoms with Gasteiger partial charge < -0.3 is 0 Å². The molecule has 0 heteroatoms. The van der Waals surface area contributed by atoms with E-state index in [0.717, 1.165) is 0 Å². The second-order valence-electron chi connectivity index (χ2n) is 12.4. The summed E-state index contributed by atoms with van der Waals surface area (Å²) in [4.78, 5) is 0. The van der Waals surface area contributed by atoms with Crippen molar-refractivity contribution < 1.29 is 0 Å². The van der Waals surface area contributed by atoms with Crippen LogP contribution in [0.15, 0.2) is 146 Å². The molecule has 0 atom stereocenters. The van der Waals surface area contributed by atoms with E-state index in [1.54, 1.807) is 0 Å². The van der Waals surface area contributed by atoms with E-state index in [1.165, 1.54) is 87.6 Å². The molecule has 0 fully saturated rings. The number of benzene rings is 8. The van der Waals surface area contributed by atoms with Crippen molar-refractivity contribution in [3.8, 4) is 33.4 Å². The van der Waals surface area contributed by atoms with Crippen LogP contribution in [0.5, 0.6) is 0 Å². The number of hydrogen-bond donors (Lipinski definition) is 0. The molecule has 0 saturated heterocycles. The van der Waals surface area contributed by atoms with Crippen molar-refractivity contribution in [1.82, 2.24) is 0 Å². The predicted octanol–water partition coefficient (Wildman–Crippen LogP) is 11.9. The third kappa shape index (κ3) is 3.32. The standard InChI is InChI=1S/C43H30/c1-43(2)37-24-12-16-28-26-36(35-23-13-25-38(43)42(35)39(28)37)41-33-21-10-8-19-31(33)40(32-20-9-11-22-34(32)41)30-18-7-6-17-29(30)27-14-4-3-5-15-27/h3-26H,1-2H3. The molecule has 0 saturated carbocycles. The van der Waals surface area contributed by atoms with Crippen molar-refractivity contribution in [3.63, 3.8) is 0 Å². The molecular formula is C43H30. The summed E-state index contributed by atoms with van der Waals surface area (Å²) in [6.07, 6.45) is 0. The molecule has 8 aromatic carbocycles. The highest BCUT2D eigenvalue weighted by molar-refractivity contribution is 6.27. The van der Waals surface area contributed by atoms with Crippen LogP contribution in [0.2, 0.25) is 0 Å². The lowest BCUT2D eigenvalue weighted by Gasteiger charge is -2.22. The first-order chi connectivity index (χ1) is 21.1. The Morgan fingerprint density at radius 2 is 0.860 bits per heavy atom. The summed E-state index contributed by atoms with van der Waals surface area (Å²) in [7, 11) is 0. The Morgan fingerprint density at radius 1 is 0.372 bits per heavy atom. The smallest absolute Gasteiger partial charge is 0.0159 e. The zero-order valence-electron chi connectivity index (χ0n) is 24.4. The Labute approximate surface area is 251 Å². The van der Waals surface area contributed by atoms with E-state index in [4.69, 9.17) is 0 Å². The molecular weight excluding hydrogens is 516 g/mol. The van der Waals surface area contributed by atoms with Crippen LogP contribution in [0.25, 0.3) is 76.5 Å². The average molecular weight is 547 g/mol. The highest BCUT2D eigenvalue weighted by atomic mass is 14.4. The van der Waals surface area contributed by atoms with Gasteiger partial charge in [-0.05, 0) is 93.7 Å². The molecule has 0 nitrogen and oxygen atoms in total. The van der Waals surface area contributed by atoms with E-state index in [9.17, 15) is 0 Å². The van der Waals surface area contributed by atoms with Crippen molar-refractivity contribution >= 4 is 43.1 Å². The Morgan fingerprint density at radius 3 is 1.51 bits per heavy atom. The normalized spacial score (nSPS) is 13.5. The summed E-state index contributed by atoms with van der Waals surface area (Å²) in [6, 6.07) is 54.0. The van der Waals surface area contributed by atoms with Crippen molar-refractivity contribution in [1.29, 1.82) is 0 Å². The van der Waals surface area contributed by atoms with Crippen molar-refractivity contribution in [3.05, 3.63) is 157 Å². The molecule has 0 heterocycles. The Balaban J connectivity index is 1.46. The van der Waals surface area contributed by atoms with Gasteiger partial charge in [-0.3, -0.25) is 0 Å². The van der Waals surface area contributed by atoms with Gasteiger partial charge in [0.15, 0.2) is 0 Å². The van der Waals surface area contributed by atoms with Crippen LogP contribution in [-0.4, -0.2) is 0 Å². The fourth-order valence-electron chi connectivity index (χ4n) is 7.92. The molecule has 0 unspecified atom stereocenters. The van der Waals surface area contributed by atoms with Gasteiger partial charge in [-0.25, -0.2) is 0 Å². The second-order valence-corrected chi connectivity index (χ2v) is 12.4. The SMILES string of the molecule is CC1(C)c2cccc3cc(-c4c5ccccc5c(-c5ccccc5-c5ccccc5)c5ccccc45)c4cccc1c4c23. The highest BCUT2D eigenvalue weighted by Gasteiger charge is 2.34. The monoisotopic (exact) mass is 546 g/mol. The maximum atomic E-state index is 2.46. The van der Waals surface area contributed by atoms with Crippen molar-refractivity contribution in [2.24, 2.45) is 0 Å². The van der Waals surface area contributed by atoms with Gasteiger partial charge in [-0.1, -0.05) is 153 Å². The lowest BCUT2D eigenvalue weighted by molar-refractivity contribution is 0.663. The molecule has 0 spiro atoms. The van der Waals surface area contributed by atoms with Gasteiger partial charge in [0, 0.05) is 5.41 Å². The molecule has 1 aliphatic rings. The molecule has 202 valence electrons. The maximum Gasteiger partial charge on any atom is 0.0159 e. The van der Waals surface area contributed by atoms with Crippen LogP contribution in [0.1, 0.15) is 25.0 Å². The van der Waals surface area contributed by atoms with Crippen LogP contribution >= 0.6 is 0 Å². The Kier molecular flexibility index (Phi) is 5.05. The van der Waals surface area contributed by atoms with E-state index in [0.29, 0.717) is 0 Å². The van der Waals surface area contributed by atoms with Gasteiger partial charge in [0.25, 0.3) is 0 Å². The maximum absolute atomic E-state index is 2.46. The average Bonchev–Trinajstić information content (AvgIpc) is 3.30. The Hall–Kier alpha value is -5.20. The van der Waals surface area contributed by atoms with E-state index >= 15 is 0 Å². The van der Waals surface area contributed by atoms with Gasteiger partial charge in [0.2, 0.25) is 0 Å². The molecule has 8 aromatic rings. The van der Waals surface area contributed by atoms with Crippen LogP contribution in [0, 0.1) is 0 Å². The van der Waals surface area contributed by atoms with Crippen LogP contribution < -0.4 is 0 Å². The molecule has 0 N–H and O–H groups in total. The van der Waals surface area contributed by atoms with Gasteiger partial charge in [-0.2, -0.15) is 0 Å². The minimum atomic E-state index is -0.0187. The fraction of sp³-hybridized carbons (Fsp3) is 0.0698. The summed E-state index contributed by atoms with van der Waals surface area (Å²) in [5.41, 5.74) is 10.5. The van der Waals surface area contributed by atoms with Crippen LogP contribution in [0.3, 0.4) is 0 Å². The summed E-state index contributed by atoms with van der Waals surface area (Å²) in [5.74, 6) is 0. The molecule has 0 radical (unpaired) electrons. The quantitative estimate of drug-likeness (QED) is 0.153. The molecule has 9 rings (SSSR count). The second kappa shape index (κ2) is 8.90. The fourth-order valence-corrected chi connectivity index (χ4v) is 7.92. The summed E-state index contributed by atoms with van der Waals surface area (Å²) in [5, 5.41) is 10.7. The largest absolute Gasteiger partial charge is 0.0622 e. The summed E-state index contributed by atoms with van der Waals surface area (Å²) >= 11 is 0. The number of rotatable bonds is 3. The number of fused-ring (bicyclic) bond motifs is 2. The summed E-state index contributed by atoms with van der Waals surface area (Å²) in [6.45, 7) is 4.75. The van der Waals surface area contributed by atoms with Crippen LogP contribution in [-0.2, 0) is 5.41 Å². The first-order valence-corrected chi connectivity index (χ1v) is 15.2. The minimum absolute atomic E-state index is 0.0187. The van der Waals surface area contributed by atoms with Gasteiger partial charge in [0.05, 0.1) is 0 Å². The van der Waals surface area contributed by atoms with Gasteiger partial charge in [-0.15, -0.1) is 0 Å². The first-order valence-electron chi connectivity index (χ1n) is 15.2. The third-order valence-corrected chi connectivity index (χ3v) is 9.83. The molecule has 0 amide bonds. The number of hydrogen-bond acceptors (Lipinski definition) is 0. The van der Waals surface area contributed by atoms with E-state index < -0.39 is 0 Å². The van der Waals surface area contributed by atoms with Gasteiger partial charge in [0.1, 0.15) is 0 Å². The first kappa shape index (κ1) is 24.4. The van der Waals surface area contributed by atoms with E-state index in [-0.39, 0.29) is 5.41 Å². The lowest BCUT2D eigenvalue weighted by Crippen LogP contribution is -2.14. The Bertz CT molecular complexity index is 2350. The molecule has 1 aliphatic carbocycles. The molecule has 0 aromatic heterocycles. The van der Waals surface area contributed by atoms with Crippen molar-refractivity contribution in [2.45, 2.75) is 19.3 Å². The third-order valence-electron chi connectivity index (χ3n) is 9.83. The van der Waals surface area contributed by atoms with E-state index in [2.05, 4.69) is 159 Å².